The van der Waals surface area contributed by atoms with E-state index in [1.165, 1.54) is 6.08 Å². The van der Waals surface area contributed by atoms with Crippen molar-refractivity contribution in [3.05, 3.63) is 51.7 Å². The maximum absolute atomic E-state index is 11.6. The summed E-state index contributed by atoms with van der Waals surface area (Å²) in [6, 6.07) is 6.67. The van der Waals surface area contributed by atoms with Crippen molar-refractivity contribution in [1.29, 1.82) is 0 Å². The molecule has 2 rings (SSSR count). The average molecular weight is 297 g/mol. The molecular formula is C13H10Cl2N2O2. The summed E-state index contributed by atoms with van der Waals surface area (Å²) in [5.74, 6) is 0.675. The number of amides is 1. The van der Waals surface area contributed by atoms with Crippen LogP contribution in [-0.4, -0.2) is 11.1 Å². The van der Waals surface area contributed by atoms with E-state index in [0.717, 1.165) is 0 Å². The van der Waals surface area contributed by atoms with Crippen molar-refractivity contribution in [3.63, 3.8) is 0 Å². The molecule has 98 valence electrons. The minimum Gasteiger partial charge on any atom is -0.360 e. The Labute approximate surface area is 120 Å². The molecule has 1 aromatic carbocycles. The fraction of sp³-hybridized carbons (Fsp3) is 0.0769. The van der Waals surface area contributed by atoms with E-state index in [1.807, 2.05) is 0 Å². The number of nitrogens with zero attached hydrogens (tertiary/aromatic N) is 1. The summed E-state index contributed by atoms with van der Waals surface area (Å²) in [7, 11) is 0. The molecule has 4 nitrogen and oxygen atoms in total. The fourth-order valence-corrected chi connectivity index (χ4v) is 1.87. The van der Waals surface area contributed by atoms with Gasteiger partial charge in [0.25, 0.3) is 0 Å². The van der Waals surface area contributed by atoms with Gasteiger partial charge in [-0.15, -0.1) is 0 Å². The molecule has 2 aromatic rings. The molecule has 0 saturated heterocycles. The van der Waals surface area contributed by atoms with Gasteiger partial charge in [0.15, 0.2) is 5.82 Å². The van der Waals surface area contributed by atoms with Gasteiger partial charge >= 0.3 is 0 Å². The summed E-state index contributed by atoms with van der Waals surface area (Å²) in [5.41, 5.74) is 0.706. The molecule has 1 amide bonds. The molecule has 0 spiro atoms. The van der Waals surface area contributed by atoms with Crippen LogP contribution in [-0.2, 0) is 4.79 Å². The molecule has 0 atom stereocenters. The minimum absolute atomic E-state index is 0.320. The normalized spacial score (nSPS) is 10.9. The van der Waals surface area contributed by atoms with Crippen LogP contribution in [0.3, 0.4) is 0 Å². The standard InChI is InChI=1S/C13H10Cl2N2O2/c1-8-6-12(17-19-8)16-13(18)5-3-9-2-4-10(14)7-11(9)15/h2-7H,1H3,(H,16,17,18)/b5-3+. The summed E-state index contributed by atoms with van der Waals surface area (Å²) < 4.78 is 4.84. The first-order valence-electron chi connectivity index (χ1n) is 5.42. The van der Waals surface area contributed by atoms with Crippen molar-refractivity contribution < 1.29 is 9.32 Å². The maximum Gasteiger partial charge on any atom is 0.249 e. The first-order valence-corrected chi connectivity index (χ1v) is 6.17. The van der Waals surface area contributed by atoms with Crippen molar-refractivity contribution in [1.82, 2.24) is 5.16 Å². The molecule has 0 aliphatic carbocycles. The van der Waals surface area contributed by atoms with Crippen molar-refractivity contribution in [2.45, 2.75) is 6.92 Å². The number of hydrogen-bond donors (Lipinski definition) is 1. The summed E-state index contributed by atoms with van der Waals surface area (Å²) in [6.45, 7) is 1.74. The topological polar surface area (TPSA) is 55.1 Å². The summed E-state index contributed by atoms with van der Waals surface area (Å²) in [4.78, 5) is 11.6. The van der Waals surface area contributed by atoms with E-state index in [1.54, 1.807) is 37.3 Å². The van der Waals surface area contributed by atoms with Crippen LogP contribution < -0.4 is 5.32 Å². The van der Waals surface area contributed by atoms with Gasteiger partial charge in [0.1, 0.15) is 5.76 Å². The van der Waals surface area contributed by atoms with Gasteiger partial charge in [0.05, 0.1) is 0 Å². The Kier molecular flexibility index (Phi) is 4.24. The molecule has 0 aliphatic heterocycles. The third-order valence-corrected chi connectivity index (χ3v) is 2.82. The average Bonchev–Trinajstić information content (AvgIpc) is 2.73. The highest BCUT2D eigenvalue weighted by Crippen LogP contribution is 2.22. The zero-order chi connectivity index (χ0) is 13.8. The minimum atomic E-state index is -0.320. The van der Waals surface area contributed by atoms with Crippen LogP contribution in [0.15, 0.2) is 34.9 Å². The lowest BCUT2D eigenvalue weighted by Gasteiger charge is -1.99. The molecule has 1 N–H and O–H groups in total. The predicted octanol–water partition coefficient (Wildman–Crippen LogP) is 3.94. The number of hydrogen-bond acceptors (Lipinski definition) is 3. The molecule has 6 heteroatoms. The Bertz CT molecular complexity index is 635. The van der Waals surface area contributed by atoms with Gasteiger partial charge in [-0.3, -0.25) is 4.79 Å². The largest absolute Gasteiger partial charge is 0.360 e. The van der Waals surface area contributed by atoms with Gasteiger partial charge in [-0.05, 0) is 30.7 Å². The van der Waals surface area contributed by atoms with Gasteiger partial charge in [-0.2, -0.15) is 0 Å². The SMILES string of the molecule is Cc1cc(NC(=O)/C=C/c2ccc(Cl)cc2Cl)no1. The van der Waals surface area contributed by atoms with Gasteiger partial charge in [0, 0.05) is 22.2 Å². The quantitative estimate of drug-likeness (QED) is 0.873. The number of nitrogens with one attached hydrogen (secondary N) is 1. The van der Waals surface area contributed by atoms with Gasteiger partial charge < -0.3 is 9.84 Å². The summed E-state index contributed by atoms with van der Waals surface area (Å²) in [6.07, 6.45) is 2.96. The second-order valence-electron chi connectivity index (χ2n) is 3.81. The molecule has 0 fully saturated rings. The zero-order valence-corrected chi connectivity index (χ0v) is 11.5. The van der Waals surface area contributed by atoms with E-state index in [-0.39, 0.29) is 5.91 Å². The number of carbonyl (C=O) groups excluding carboxylic acids is 1. The Morgan fingerprint density at radius 1 is 1.37 bits per heavy atom. The molecule has 19 heavy (non-hydrogen) atoms. The third-order valence-electron chi connectivity index (χ3n) is 2.26. The molecule has 1 heterocycles. The van der Waals surface area contributed by atoms with Crippen LogP contribution in [0.5, 0.6) is 0 Å². The van der Waals surface area contributed by atoms with Crippen molar-refractivity contribution in [2.75, 3.05) is 5.32 Å². The van der Waals surface area contributed by atoms with E-state index >= 15 is 0 Å². The summed E-state index contributed by atoms with van der Waals surface area (Å²) in [5, 5.41) is 7.25. The van der Waals surface area contributed by atoms with E-state index in [4.69, 9.17) is 27.7 Å². The number of anilines is 1. The lowest BCUT2D eigenvalue weighted by Crippen LogP contribution is -2.07. The van der Waals surface area contributed by atoms with Crippen LogP contribution in [0, 0.1) is 6.92 Å². The van der Waals surface area contributed by atoms with Crippen LogP contribution >= 0.6 is 23.2 Å². The predicted molar refractivity (Wildman–Crippen MR) is 75.4 cm³/mol. The second-order valence-corrected chi connectivity index (χ2v) is 4.65. The number of halogens is 2. The Morgan fingerprint density at radius 3 is 2.79 bits per heavy atom. The fourth-order valence-electron chi connectivity index (χ4n) is 1.40. The third kappa shape index (κ3) is 3.84. The van der Waals surface area contributed by atoms with Crippen molar-refractivity contribution in [2.24, 2.45) is 0 Å². The van der Waals surface area contributed by atoms with Gasteiger partial charge in [-0.1, -0.05) is 34.4 Å². The first-order chi connectivity index (χ1) is 9.04. The molecule has 0 bridgehead atoms. The number of rotatable bonds is 3. The van der Waals surface area contributed by atoms with E-state index < -0.39 is 0 Å². The van der Waals surface area contributed by atoms with Crippen LogP contribution in [0.1, 0.15) is 11.3 Å². The smallest absolute Gasteiger partial charge is 0.249 e. The highest BCUT2D eigenvalue weighted by molar-refractivity contribution is 6.35. The van der Waals surface area contributed by atoms with E-state index in [9.17, 15) is 4.79 Å². The van der Waals surface area contributed by atoms with E-state index in [2.05, 4.69) is 10.5 Å². The lowest BCUT2D eigenvalue weighted by molar-refractivity contribution is -0.111. The molecule has 0 aliphatic rings. The second kappa shape index (κ2) is 5.91. The molecule has 0 saturated carbocycles. The Balaban J connectivity index is 2.03. The van der Waals surface area contributed by atoms with Gasteiger partial charge in [0.2, 0.25) is 5.91 Å². The van der Waals surface area contributed by atoms with Crippen LogP contribution in [0.25, 0.3) is 6.08 Å². The molecular weight excluding hydrogens is 287 g/mol. The monoisotopic (exact) mass is 296 g/mol. The number of aryl methyl sites for hydroxylation is 1. The number of aromatic nitrogens is 1. The van der Waals surface area contributed by atoms with Crippen molar-refractivity contribution >= 4 is 41.0 Å². The van der Waals surface area contributed by atoms with Crippen molar-refractivity contribution in [3.8, 4) is 0 Å². The Hall–Kier alpha value is -1.78. The van der Waals surface area contributed by atoms with Gasteiger partial charge in [-0.25, -0.2) is 0 Å². The highest BCUT2D eigenvalue weighted by Gasteiger charge is 2.03. The maximum atomic E-state index is 11.6. The Morgan fingerprint density at radius 2 is 2.16 bits per heavy atom. The highest BCUT2D eigenvalue weighted by atomic mass is 35.5. The van der Waals surface area contributed by atoms with E-state index in [0.29, 0.717) is 27.2 Å². The van der Waals surface area contributed by atoms with Crippen LogP contribution in [0.4, 0.5) is 5.82 Å². The first kappa shape index (κ1) is 13.6. The molecule has 1 aromatic heterocycles. The molecule has 0 radical (unpaired) electrons. The zero-order valence-electron chi connectivity index (χ0n) is 9.98. The summed E-state index contributed by atoms with van der Waals surface area (Å²) >= 11 is 11.8. The lowest BCUT2D eigenvalue weighted by atomic mass is 10.2. The molecule has 0 unspecified atom stereocenters. The number of carbonyl (C=O) groups is 1. The van der Waals surface area contributed by atoms with Crippen LogP contribution in [0.2, 0.25) is 10.0 Å². The number of benzene rings is 1.